The number of ether oxygens (including phenoxy) is 4. The SMILES string of the molecule is CCOC(=O)C(CCCCOc1ccc(OC)cc1)C(=O)OCC. The summed E-state index contributed by atoms with van der Waals surface area (Å²) in [6, 6.07) is 7.32. The lowest BCUT2D eigenvalue weighted by Gasteiger charge is -2.14. The molecule has 24 heavy (non-hydrogen) atoms. The van der Waals surface area contributed by atoms with Crippen LogP contribution in [-0.4, -0.2) is 38.9 Å². The summed E-state index contributed by atoms with van der Waals surface area (Å²) < 4.78 is 20.6. The Morgan fingerprint density at radius 2 is 1.46 bits per heavy atom. The fourth-order valence-corrected chi connectivity index (χ4v) is 2.13. The van der Waals surface area contributed by atoms with Crippen LogP contribution in [0.15, 0.2) is 24.3 Å². The van der Waals surface area contributed by atoms with E-state index in [0.29, 0.717) is 19.4 Å². The summed E-state index contributed by atoms with van der Waals surface area (Å²) in [5.41, 5.74) is 0. The topological polar surface area (TPSA) is 71.1 Å². The van der Waals surface area contributed by atoms with Crippen LogP contribution < -0.4 is 9.47 Å². The van der Waals surface area contributed by atoms with Crippen molar-refractivity contribution in [1.29, 1.82) is 0 Å². The molecule has 6 heteroatoms. The minimum absolute atomic E-state index is 0.245. The second kappa shape index (κ2) is 11.3. The number of unbranched alkanes of at least 4 members (excludes halogenated alkanes) is 1. The van der Waals surface area contributed by atoms with Crippen LogP contribution >= 0.6 is 0 Å². The minimum atomic E-state index is -0.856. The van der Waals surface area contributed by atoms with Crippen LogP contribution in [0.1, 0.15) is 33.1 Å². The summed E-state index contributed by atoms with van der Waals surface area (Å²) in [6.45, 7) is 4.42. The fourth-order valence-electron chi connectivity index (χ4n) is 2.13. The lowest BCUT2D eigenvalue weighted by Crippen LogP contribution is -2.28. The van der Waals surface area contributed by atoms with Crippen LogP contribution in [0.25, 0.3) is 0 Å². The number of hydrogen-bond acceptors (Lipinski definition) is 6. The Kier molecular flexibility index (Phi) is 9.34. The Labute approximate surface area is 143 Å². The van der Waals surface area contributed by atoms with E-state index in [1.807, 2.05) is 24.3 Å². The minimum Gasteiger partial charge on any atom is -0.497 e. The molecule has 0 heterocycles. The Morgan fingerprint density at radius 1 is 0.917 bits per heavy atom. The van der Waals surface area contributed by atoms with E-state index in [0.717, 1.165) is 17.9 Å². The summed E-state index contributed by atoms with van der Waals surface area (Å²) in [4.78, 5) is 23.7. The van der Waals surface area contributed by atoms with Gasteiger partial charge in [0.25, 0.3) is 0 Å². The van der Waals surface area contributed by atoms with Crippen molar-refractivity contribution in [2.45, 2.75) is 33.1 Å². The molecule has 0 bridgehead atoms. The fraction of sp³-hybridized carbons (Fsp3) is 0.556. The molecule has 0 unspecified atom stereocenters. The molecule has 0 amide bonds. The smallest absolute Gasteiger partial charge is 0.320 e. The molecule has 1 aromatic rings. The van der Waals surface area contributed by atoms with Gasteiger partial charge in [-0.15, -0.1) is 0 Å². The van der Waals surface area contributed by atoms with Crippen molar-refractivity contribution in [3.63, 3.8) is 0 Å². The molecule has 0 aromatic heterocycles. The van der Waals surface area contributed by atoms with Crippen molar-refractivity contribution in [1.82, 2.24) is 0 Å². The second-order valence-corrected chi connectivity index (χ2v) is 5.08. The number of benzene rings is 1. The Balaban J connectivity index is 2.35. The van der Waals surface area contributed by atoms with Crippen molar-refractivity contribution in [2.24, 2.45) is 5.92 Å². The van der Waals surface area contributed by atoms with E-state index in [1.54, 1.807) is 21.0 Å². The monoisotopic (exact) mass is 338 g/mol. The Hall–Kier alpha value is -2.24. The summed E-state index contributed by atoms with van der Waals surface area (Å²) in [6.07, 6.45) is 1.78. The molecule has 0 aliphatic carbocycles. The average Bonchev–Trinajstić information content (AvgIpc) is 2.58. The highest BCUT2D eigenvalue weighted by Gasteiger charge is 2.28. The zero-order chi connectivity index (χ0) is 17.8. The van der Waals surface area contributed by atoms with Gasteiger partial charge < -0.3 is 18.9 Å². The van der Waals surface area contributed by atoms with E-state index in [4.69, 9.17) is 18.9 Å². The summed E-state index contributed by atoms with van der Waals surface area (Å²) in [5.74, 6) is -0.373. The number of esters is 2. The molecule has 1 aromatic carbocycles. The van der Waals surface area contributed by atoms with E-state index in [9.17, 15) is 9.59 Å². The van der Waals surface area contributed by atoms with Gasteiger partial charge in [-0.3, -0.25) is 9.59 Å². The van der Waals surface area contributed by atoms with Crippen molar-refractivity contribution in [3.05, 3.63) is 24.3 Å². The van der Waals surface area contributed by atoms with Gasteiger partial charge in [0.05, 0.1) is 26.9 Å². The molecule has 0 radical (unpaired) electrons. The maximum atomic E-state index is 11.8. The summed E-state index contributed by atoms with van der Waals surface area (Å²) in [5, 5.41) is 0. The van der Waals surface area contributed by atoms with E-state index in [1.165, 1.54) is 0 Å². The number of methoxy groups -OCH3 is 1. The van der Waals surface area contributed by atoms with Crippen LogP contribution in [0.5, 0.6) is 11.5 Å². The predicted octanol–water partition coefficient (Wildman–Crippen LogP) is 2.99. The maximum absolute atomic E-state index is 11.8. The first-order valence-corrected chi connectivity index (χ1v) is 8.22. The first kappa shape index (κ1) is 19.8. The van der Waals surface area contributed by atoms with Crippen LogP contribution in [0.2, 0.25) is 0 Å². The number of carbonyl (C=O) groups is 2. The van der Waals surface area contributed by atoms with Gasteiger partial charge in [0.2, 0.25) is 0 Å². The first-order valence-electron chi connectivity index (χ1n) is 8.22. The molecule has 0 aliphatic rings. The second-order valence-electron chi connectivity index (χ2n) is 5.08. The zero-order valence-corrected chi connectivity index (χ0v) is 14.6. The Morgan fingerprint density at radius 3 is 1.96 bits per heavy atom. The molecule has 0 saturated carbocycles. The van der Waals surface area contributed by atoms with Gasteiger partial charge in [0.1, 0.15) is 11.5 Å². The first-order chi connectivity index (χ1) is 11.6. The molecular weight excluding hydrogens is 312 g/mol. The van der Waals surface area contributed by atoms with E-state index >= 15 is 0 Å². The summed E-state index contributed by atoms with van der Waals surface area (Å²) >= 11 is 0. The van der Waals surface area contributed by atoms with Crippen LogP contribution in [0.3, 0.4) is 0 Å². The average molecular weight is 338 g/mol. The lowest BCUT2D eigenvalue weighted by molar-refractivity contribution is -0.162. The van der Waals surface area contributed by atoms with E-state index in [2.05, 4.69) is 0 Å². The molecule has 0 aliphatic heterocycles. The van der Waals surface area contributed by atoms with Gasteiger partial charge in [0, 0.05) is 0 Å². The molecule has 0 saturated heterocycles. The van der Waals surface area contributed by atoms with Crippen LogP contribution in [0.4, 0.5) is 0 Å². The standard InChI is InChI=1S/C18H26O6/c1-4-22-17(19)16(18(20)23-5-2)8-6-7-13-24-15-11-9-14(21-3)10-12-15/h9-12,16H,4-8,13H2,1-3H3. The molecule has 6 nitrogen and oxygen atoms in total. The van der Waals surface area contributed by atoms with Gasteiger partial charge >= 0.3 is 11.9 Å². The van der Waals surface area contributed by atoms with Crippen molar-refractivity contribution >= 4 is 11.9 Å². The van der Waals surface area contributed by atoms with Crippen molar-refractivity contribution < 1.29 is 28.5 Å². The third-order valence-corrected chi connectivity index (χ3v) is 3.36. The van der Waals surface area contributed by atoms with Crippen molar-refractivity contribution in [2.75, 3.05) is 26.9 Å². The van der Waals surface area contributed by atoms with E-state index < -0.39 is 17.9 Å². The molecule has 0 atom stereocenters. The quantitative estimate of drug-likeness (QED) is 0.351. The molecule has 134 valence electrons. The van der Waals surface area contributed by atoms with Gasteiger partial charge in [0.15, 0.2) is 5.92 Å². The molecule has 1 rings (SSSR count). The third kappa shape index (κ3) is 6.89. The highest BCUT2D eigenvalue weighted by molar-refractivity contribution is 5.94. The van der Waals surface area contributed by atoms with Gasteiger partial charge in [-0.2, -0.15) is 0 Å². The number of hydrogen-bond donors (Lipinski definition) is 0. The third-order valence-electron chi connectivity index (χ3n) is 3.36. The summed E-state index contributed by atoms with van der Waals surface area (Å²) in [7, 11) is 1.61. The highest BCUT2D eigenvalue weighted by atomic mass is 16.6. The highest BCUT2D eigenvalue weighted by Crippen LogP contribution is 2.18. The zero-order valence-electron chi connectivity index (χ0n) is 14.6. The van der Waals surface area contributed by atoms with Gasteiger partial charge in [-0.1, -0.05) is 0 Å². The maximum Gasteiger partial charge on any atom is 0.320 e. The normalized spacial score (nSPS) is 10.3. The molecule has 0 N–H and O–H groups in total. The van der Waals surface area contributed by atoms with Crippen molar-refractivity contribution in [3.8, 4) is 11.5 Å². The largest absolute Gasteiger partial charge is 0.497 e. The predicted molar refractivity (Wildman–Crippen MR) is 89.1 cm³/mol. The van der Waals surface area contributed by atoms with E-state index in [-0.39, 0.29) is 13.2 Å². The molecular formula is C18H26O6. The van der Waals surface area contributed by atoms with Gasteiger partial charge in [-0.05, 0) is 57.4 Å². The van der Waals surface area contributed by atoms with Crippen LogP contribution in [0, 0.1) is 5.92 Å². The van der Waals surface area contributed by atoms with Gasteiger partial charge in [-0.25, -0.2) is 0 Å². The number of rotatable bonds is 11. The molecule has 0 spiro atoms. The number of carbonyl (C=O) groups excluding carboxylic acids is 2. The van der Waals surface area contributed by atoms with Crippen LogP contribution in [-0.2, 0) is 19.1 Å². The lowest BCUT2D eigenvalue weighted by atomic mass is 10.0. The Bertz CT molecular complexity index is 479. The molecule has 0 fully saturated rings.